The van der Waals surface area contributed by atoms with Gasteiger partial charge in [0.1, 0.15) is 0 Å². The lowest BCUT2D eigenvalue weighted by Crippen LogP contribution is -2.35. The maximum atomic E-state index is 10.2. The third kappa shape index (κ3) is 4.02. The molecule has 1 aromatic carbocycles. The SMILES string of the molecule is CC(C)N(CCC#N)CC(O)c1ccccc1N. The van der Waals surface area contributed by atoms with Gasteiger partial charge in [-0.1, -0.05) is 18.2 Å². The Balaban J connectivity index is 2.70. The van der Waals surface area contributed by atoms with Gasteiger partial charge in [-0.2, -0.15) is 5.26 Å². The number of hydrogen-bond acceptors (Lipinski definition) is 4. The lowest BCUT2D eigenvalue weighted by Gasteiger charge is -2.28. The fourth-order valence-corrected chi connectivity index (χ4v) is 1.89. The van der Waals surface area contributed by atoms with Crippen LogP contribution in [0.2, 0.25) is 0 Å². The van der Waals surface area contributed by atoms with E-state index in [2.05, 4.69) is 24.8 Å². The van der Waals surface area contributed by atoms with E-state index in [4.69, 9.17) is 11.0 Å². The second-order valence-electron chi connectivity index (χ2n) is 4.64. The van der Waals surface area contributed by atoms with E-state index in [0.717, 1.165) is 5.56 Å². The fourth-order valence-electron chi connectivity index (χ4n) is 1.89. The molecule has 0 aliphatic rings. The Labute approximate surface area is 109 Å². The zero-order valence-corrected chi connectivity index (χ0v) is 11.0. The number of aliphatic hydroxyl groups excluding tert-OH is 1. The smallest absolute Gasteiger partial charge is 0.0936 e. The number of para-hydroxylation sites is 1. The summed E-state index contributed by atoms with van der Waals surface area (Å²) in [7, 11) is 0. The molecule has 0 amide bonds. The fraction of sp³-hybridized carbons (Fsp3) is 0.500. The molecule has 0 aliphatic carbocycles. The van der Waals surface area contributed by atoms with Crippen LogP contribution in [0.1, 0.15) is 31.9 Å². The van der Waals surface area contributed by atoms with Gasteiger partial charge < -0.3 is 10.8 Å². The van der Waals surface area contributed by atoms with Gasteiger partial charge in [0.05, 0.1) is 12.2 Å². The summed E-state index contributed by atoms with van der Waals surface area (Å²) in [5.41, 5.74) is 7.20. The summed E-state index contributed by atoms with van der Waals surface area (Å²) in [5.74, 6) is 0. The molecule has 1 unspecified atom stereocenters. The van der Waals surface area contributed by atoms with Crippen LogP contribution in [0, 0.1) is 11.3 Å². The number of nitriles is 1. The molecule has 0 radical (unpaired) electrons. The molecular formula is C14H21N3O. The van der Waals surface area contributed by atoms with Gasteiger partial charge in [-0.05, 0) is 19.9 Å². The highest BCUT2D eigenvalue weighted by atomic mass is 16.3. The van der Waals surface area contributed by atoms with Crippen LogP contribution in [-0.4, -0.2) is 29.1 Å². The molecule has 4 nitrogen and oxygen atoms in total. The third-order valence-electron chi connectivity index (χ3n) is 3.00. The van der Waals surface area contributed by atoms with Gasteiger partial charge >= 0.3 is 0 Å². The minimum absolute atomic E-state index is 0.290. The molecule has 0 spiro atoms. The van der Waals surface area contributed by atoms with Crippen LogP contribution in [0.15, 0.2) is 24.3 Å². The van der Waals surface area contributed by atoms with Crippen molar-refractivity contribution in [3.05, 3.63) is 29.8 Å². The van der Waals surface area contributed by atoms with E-state index in [9.17, 15) is 5.11 Å². The first-order valence-electron chi connectivity index (χ1n) is 6.19. The number of nitrogens with zero attached hydrogens (tertiary/aromatic N) is 2. The molecule has 0 aromatic heterocycles. The van der Waals surface area contributed by atoms with Crippen LogP contribution < -0.4 is 5.73 Å². The van der Waals surface area contributed by atoms with Crippen LogP contribution in [0.25, 0.3) is 0 Å². The van der Waals surface area contributed by atoms with Gasteiger partial charge in [-0.3, -0.25) is 4.90 Å². The average molecular weight is 247 g/mol. The van der Waals surface area contributed by atoms with Crippen LogP contribution >= 0.6 is 0 Å². The van der Waals surface area contributed by atoms with E-state index in [0.29, 0.717) is 25.2 Å². The summed E-state index contributed by atoms with van der Waals surface area (Å²) in [5, 5.41) is 18.8. The first-order chi connectivity index (χ1) is 8.56. The second kappa shape index (κ2) is 7.00. The number of nitrogens with two attached hydrogens (primary N) is 1. The number of anilines is 1. The highest BCUT2D eigenvalue weighted by Crippen LogP contribution is 2.21. The lowest BCUT2D eigenvalue weighted by molar-refractivity contribution is 0.0974. The quantitative estimate of drug-likeness (QED) is 0.753. The van der Waals surface area contributed by atoms with Crippen molar-refractivity contribution in [3.8, 4) is 6.07 Å². The van der Waals surface area contributed by atoms with Gasteiger partial charge in [0.15, 0.2) is 0 Å². The Hall–Kier alpha value is -1.57. The molecule has 0 bridgehead atoms. The minimum atomic E-state index is -0.618. The Morgan fingerprint density at radius 2 is 2.06 bits per heavy atom. The van der Waals surface area contributed by atoms with Crippen molar-refractivity contribution in [3.63, 3.8) is 0 Å². The van der Waals surface area contributed by atoms with Gasteiger partial charge in [-0.15, -0.1) is 0 Å². The van der Waals surface area contributed by atoms with Crippen LogP contribution in [0.3, 0.4) is 0 Å². The number of benzene rings is 1. The number of nitrogen functional groups attached to an aromatic ring is 1. The summed E-state index contributed by atoms with van der Waals surface area (Å²) in [6.45, 7) is 5.27. The zero-order chi connectivity index (χ0) is 13.5. The molecule has 3 N–H and O–H groups in total. The van der Waals surface area contributed by atoms with Crippen LogP contribution in [-0.2, 0) is 0 Å². The molecule has 98 valence electrons. The molecule has 1 atom stereocenters. The maximum Gasteiger partial charge on any atom is 0.0936 e. The van der Waals surface area contributed by atoms with Crippen molar-refractivity contribution >= 4 is 5.69 Å². The third-order valence-corrected chi connectivity index (χ3v) is 3.00. The molecule has 0 heterocycles. The first kappa shape index (κ1) is 14.5. The highest BCUT2D eigenvalue weighted by Gasteiger charge is 2.17. The standard InChI is InChI=1S/C14H21N3O/c1-11(2)17(9-5-8-15)10-14(18)12-6-3-4-7-13(12)16/h3-4,6-7,11,14,18H,5,9-10,16H2,1-2H3. The monoisotopic (exact) mass is 247 g/mol. The van der Waals surface area contributed by atoms with Crippen LogP contribution in [0.5, 0.6) is 0 Å². The Bertz CT molecular complexity index is 412. The number of rotatable bonds is 6. The van der Waals surface area contributed by atoms with Gasteiger partial charge in [0.25, 0.3) is 0 Å². The summed E-state index contributed by atoms with van der Waals surface area (Å²) in [4.78, 5) is 2.08. The number of hydrogen-bond donors (Lipinski definition) is 2. The topological polar surface area (TPSA) is 73.3 Å². The Morgan fingerprint density at radius 3 is 2.61 bits per heavy atom. The number of aliphatic hydroxyl groups is 1. The van der Waals surface area contributed by atoms with Gasteiger partial charge in [0, 0.05) is 36.8 Å². The molecule has 0 fully saturated rings. The maximum absolute atomic E-state index is 10.2. The van der Waals surface area contributed by atoms with E-state index in [1.807, 2.05) is 18.2 Å². The van der Waals surface area contributed by atoms with Crippen LogP contribution in [0.4, 0.5) is 5.69 Å². The van der Waals surface area contributed by atoms with Crippen molar-refractivity contribution in [1.82, 2.24) is 4.90 Å². The predicted octanol–water partition coefficient (Wildman–Crippen LogP) is 1.93. The molecule has 1 rings (SSSR count). The normalized spacial score (nSPS) is 12.7. The highest BCUT2D eigenvalue weighted by molar-refractivity contribution is 5.47. The van der Waals surface area contributed by atoms with Crippen molar-refractivity contribution in [2.75, 3.05) is 18.8 Å². The second-order valence-corrected chi connectivity index (χ2v) is 4.64. The summed E-state index contributed by atoms with van der Waals surface area (Å²) in [6, 6.07) is 9.75. The Morgan fingerprint density at radius 1 is 1.39 bits per heavy atom. The van der Waals surface area contributed by atoms with E-state index in [1.165, 1.54) is 0 Å². The molecule has 0 saturated heterocycles. The van der Waals surface area contributed by atoms with E-state index in [1.54, 1.807) is 6.07 Å². The average Bonchev–Trinajstić information content (AvgIpc) is 2.34. The van der Waals surface area contributed by atoms with Crippen molar-refractivity contribution < 1.29 is 5.11 Å². The molecule has 4 heteroatoms. The zero-order valence-electron chi connectivity index (χ0n) is 11.0. The van der Waals surface area contributed by atoms with Crippen molar-refractivity contribution in [2.45, 2.75) is 32.4 Å². The van der Waals surface area contributed by atoms with E-state index in [-0.39, 0.29) is 6.04 Å². The largest absolute Gasteiger partial charge is 0.398 e. The van der Waals surface area contributed by atoms with Gasteiger partial charge in [-0.25, -0.2) is 0 Å². The lowest BCUT2D eigenvalue weighted by atomic mass is 10.1. The van der Waals surface area contributed by atoms with E-state index < -0.39 is 6.10 Å². The molecule has 18 heavy (non-hydrogen) atoms. The summed E-state index contributed by atoms with van der Waals surface area (Å²) >= 11 is 0. The molecule has 0 saturated carbocycles. The first-order valence-corrected chi connectivity index (χ1v) is 6.19. The molecule has 1 aromatic rings. The minimum Gasteiger partial charge on any atom is -0.398 e. The van der Waals surface area contributed by atoms with Crippen molar-refractivity contribution in [2.24, 2.45) is 0 Å². The molecule has 0 aliphatic heterocycles. The van der Waals surface area contributed by atoms with E-state index >= 15 is 0 Å². The predicted molar refractivity (Wildman–Crippen MR) is 72.8 cm³/mol. The van der Waals surface area contributed by atoms with Gasteiger partial charge in [0.2, 0.25) is 0 Å². The summed E-state index contributed by atoms with van der Waals surface area (Å²) < 4.78 is 0. The summed E-state index contributed by atoms with van der Waals surface area (Å²) in [6.07, 6.45) is -0.151. The van der Waals surface area contributed by atoms with Crippen molar-refractivity contribution in [1.29, 1.82) is 5.26 Å². The Kier molecular flexibility index (Phi) is 5.63. The molecular weight excluding hydrogens is 226 g/mol.